The number of nitrogen functional groups attached to an aromatic ring is 1. The highest BCUT2D eigenvalue weighted by Gasteiger charge is 2.40. The third-order valence-corrected chi connectivity index (χ3v) is 3.10. The van der Waals surface area contributed by atoms with Gasteiger partial charge in [0.15, 0.2) is 6.61 Å². The maximum Gasteiger partial charge on any atom is 0.422 e. The Labute approximate surface area is 122 Å². The highest BCUT2D eigenvalue weighted by Crippen LogP contribution is 2.30. The molecule has 0 aromatic heterocycles. The van der Waals surface area contributed by atoms with Crippen LogP contribution in [0.5, 0.6) is 5.75 Å². The first-order chi connectivity index (χ1) is 10.1. The molecule has 0 saturated carbocycles. The first kappa shape index (κ1) is 16.3. The molecule has 1 fully saturated rings. The zero-order chi connectivity index (χ0) is 16.5. The van der Waals surface area contributed by atoms with Gasteiger partial charge in [-0.1, -0.05) is 0 Å². The Kier molecular flexibility index (Phi) is 4.17. The summed E-state index contributed by atoms with van der Waals surface area (Å²) in [5, 5.41) is 0. The van der Waals surface area contributed by atoms with Crippen LogP contribution in [0.1, 0.15) is 16.8 Å². The summed E-state index contributed by atoms with van der Waals surface area (Å²) in [6.07, 6.45) is -4.93. The van der Waals surface area contributed by atoms with Crippen molar-refractivity contribution in [3.8, 4) is 5.75 Å². The molecule has 1 aromatic rings. The first-order valence-corrected chi connectivity index (χ1v) is 6.34. The summed E-state index contributed by atoms with van der Waals surface area (Å²) in [6.45, 7) is -2.28. The predicted octanol–water partition coefficient (Wildman–Crippen LogP) is 2.69. The summed E-state index contributed by atoms with van der Waals surface area (Å²) in [7, 11) is 0. The van der Waals surface area contributed by atoms with E-state index in [4.69, 9.17) is 5.73 Å². The fraction of sp³-hybridized carbons (Fsp3) is 0.462. The fourth-order valence-electron chi connectivity index (χ4n) is 2.06. The Morgan fingerprint density at radius 1 is 1.36 bits per heavy atom. The van der Waals surface area contributed by atoms with Crippen LogP contribution in [0.2, 0.25) is 0 Å². The summed E-state index contributed by atoms with van der Waals surface area (Å²) in [5.74, 6) is -3.79. The molecule has 1 amide bonds. The summed E-state index contributed by atoms with van der Waals surface area (Å²) in [5.41, 5.74) is 5.39. The Bertz CT molecular complexity index is 574. The predicted molar refractivity (Wildman–Crippen MR) is 67.9 cm³/mol. The number of nitrogens with zero attached hydrogens (tertiary/aromatic N) is 1. The molecule has 0 bridgehead atoms. The molecule has 0 atom stereocenters. The molecule has 0 spiro atoms. The smallest absolute Gasteiger partial charge is 0.422 e. The van der Waals surface area contributed by atoms with E-state index in [1.165, 1.54) is 6.07 Å². The number of halogens is 5. The van der Waals surface area contributed by atoms with Crippen LogP contribution in [0.4, 0.5) is 27.6 Å². The van der Waals surface area contributed by atoms with E-state index in [1.807, 2.05) is 0 Å². The van der Waals surface area contributed by atoms with Crippen molar-refractivity contribution < 1.29 is 31.5 Å². The highest BCUT2D eigenvalue weighted by molar-refractivity contribution is 5.95. The minimum Gasteiger partial charge on any atom is -0.482 e. The minimum atomic E-state index is -4.51. The fourth-order valence-corrected chi connectivity index (χ4v) is 2.06. The number of nitrogens with two attached hydrogens (primary N) is 1. The van der Waals surface area contributed by atoms with Gasteiger partial charge in [0.2, 0.25) is 0 Å². The van der Waals surface area contributed by atoms with E-state index in [-0.39, 0.29) is 23.5 Å². The van der Waals surface area contributed by atoms with Crippen LogP contribution in [0.25, 0.3) is 0 Å². The lowest BCUT2D eigenvalue weighted by atomic mass is 10.1. The van der Waals surface area contributed by atoms with E-state index in [0.717, 1.165) is 17.0 Å². The Morgan fingerprint density at radius 3 is 2.55 bits per heavy atom. The zero-order valence-corrected chi connectivity index (χ0v) is 11.3. The molecule has 1 aliphatic heterocycles. The molecule has 9 heteroatoms. The van der Waals surface area contributed by atoms with Gasteiger partial charge in [-0.2, -0.15) is 13.2 Å². The second-order valence-electron chi connectivity index (χ2n) is 4.99. The first-order valence-electron chi connectivity index (χ1n) is 6.34. The molecule has 2 N–H and O–H groups in total. The number of hydrogen-bond donors (Lipinski definition) is 1. The second-order valence-corrected chi connectivity index (χ2v) is 4.99. The SMILES string of the molecule is Nc1cc(C(=O)N2CCC(F)(F)C2)ccc1OCC(F)(F)F. The number of anilines is 1. The van der Waals surface area contributed by atoms with Gasteiger partial charge in [-0.25, -0.2) is 8.78 Å². The van der Waals surface area contributed by atoms with Crippen molar-refractivity contribution in [1.82, 2.24) is 4.90 Å². The number of amides is 1. The second kappa shape index (κ2) is 5.62. The van der Waals surface area contributed by atoms with Gasteiger partial charge in [0.1, 0.15) is 5.75 Å². The van der Waals surface area contributed by atoms with Crippen molar-refractivity contribution in [2.45, 2.75) is 18.5 Å². The van der Waals surface area contributed by atoms with Gasteiger partial charge >= 0.3 is 6.18 Å². The van der Waals surface area contributed by atoms with Gasteiger partial charge < -0.3 is 15.4 Å². The number of likely N-dealkylation sites (tertiary alicyclic amines) is 1. The van der Waals surface area contributed by atoms with E-state index < -0.39 is 37.6 Å². The number of carbonyl (C=O) groups excluding carboxylic acids is 1. The Balaban J connectivity index is 2.07. The van der Waals surface area contributed by atoms with E-state index in [0.29, 0.717) is 0 Å². The molecule has 22 heavy (non-hydrogen) atoms. The molecule has 1 aromatic carbocycles. The van der Waals surface area contributed by atoms with Crippen LogP contribution in [0.3, 0.4) is 0 Å². The van der Waals surface area contributed by atoms with Crippen LogP contribution >= 0.6 is 0 Å². The standard InChI is InChI=1S/C13H13F5N2O2/c14-12(15)3-4-20(6-12)11(21)8-1-2-10(9(19)5-8)22-7-13(16,17)18/h1-2,5H,3-4,6-7,19H2. The Hall–Kier alpha value is -2.06. The lowest BCUT2D eigenvalue weighted by Gasteiger charge is -2.17. The maximum atomic E-state index is 13.1. The Morgan fingerprint density at radius 2 is 2.05 bits per heavy atom. The summed E-state index contributed by atoms with van der Waals surface area (Å²) >= 11 is 0. The maximum absolute atomic E-state index is 13.1. The highest BCUT2D eigenvalue weighted by atomic mass is 19.4. The number of rotatable bonds is 3. The topological polar surface area (TPSA) is 55.6 Å². The number of hydrogen-bond acceptors (Lipinski definition) is 3. The van der Waals surface area contributed by atoms with Gasteiger partial charge in [0, 0.05) is 18.5 Å². The van der Waals surface area contributed by atoms with Gasteiger partial charge in [-0.3, -0.25) is 4.79 Å². The minimum absolute atomic E-state index is 0.0227. The van der Waals surface area contributed by atoms with Crippen molar-refractivity contribution in [1.29, 1.82) is 0 Å². The van der Waals surface area contributed by atoms with Gasteiger partial charge in [0.25, 0.3) is 11.8 Å². The number of benzene rings is 1. The summed E-state index contributed by atoms with van der Waals surface area (Å²) in [4.78, 5) is 13.0. The van der Waals surface area contributed by atoms with E-state index >= 15 is 0 Å². The van der Waals surface area contributed by atoms with Crippen molar-refractivity contribution in [2.75, 3.05) is 25.4 Å². The quantitative estimate of drug-likeness (QED) is 0.687. The molecule has 122 valence electrons. The number of alkyl halides is 5. The van der Waals surface area contributed by atoms with Crippen molar-refractivity contribution in [2.24, 2.45) is 0 Å². The van der Waals surface area contributed by atoms with Crippen LogP contribution in [-0.2, 0) is 0 Å². The van der Waals surface area contributed by atoms with Crippen molar-refractivity contribution in [3.05, 3.63) is 23.8 Å². The molecule has 4 nitrogen and oxygen atoms in total. The van der Waals surface area contributed by atoms with Crippen molar-refractivity contribution >= 4 is 11.6 Å². The lowest BCUT2D eigenvalue weighted by Crippen LogP contribution is -2.31. The molecule has 0 unspecified atom stereocenters. The zero-order valence-electron chi connectivity index (χ0n) is 11.3. The van der Waals surface area contributed by atoms with Crippen LogP contribution < -0.4 is 10.5 Å². The van der Waals surface area contributed by atoms with Gasteiger partial charge in [-0.15, -0.1) is 0 Å². The normalized spacial score (nSPS) is 17.6. The van der Waals surface area contributed by atoms with Gasteiger partial charge in [0.05, 0.1) is 12.2 Å². The molecular formula is C13H13F5N2O2. The molecule has 1 saturated heterocycles. The summed E-state index contributed by atoms with van der Waals surface area (Å²) < 4.78 is 66.8. The molecular weight excluding hydrogens is 311 g/mol. The average molecular weight is 324 g/mol. The van der Waals surface area contributed by atoms with Gasteiger partial charge in [-0.05, 0) is 18.2 Å². The largest absolute Gasteiger partial charge is 0.482 e. The van der Waals surface area contributed by atoms with E-state index in [1.54, 1.807) is 0 Å². The lowest BCUT2D eigenvalue weighted by molar-refractivity contribution is -0.153. The van der Waals surface area contributed by atoms with Crippen LogP contribution in [0.15, 0.2) is 18.2 Å². The van der Waals surface area contributed by atoms with Crippen LogP contribution in [0, 0.1) is 0 Å². The average Bonchev–Trinajstić information content (AvgIpc) is 2.75. The molecule has 1 heterocycles. The third kappa shape index (κ3) is 3.99. The van der Waals surface area contributed by atoms with Crippen LogP contribution in [-0.4, -0.2) is 42.6 Å². The van der Waals surface area contributed by atoms with E-state index in [9.17, 15) is 26.7 Å². The summed E-state index contributed by atoms with van der Waals surface area (Å²) in [6, 6.07) is 3.42. The molecule has 0 radical (unpaired) electrons. The molecule has 1 aliphatic rings. The number of ether oxygens (including phenoxy) is 1. The van der Waals surface area contributed by atoms with Crippen molar-refractivity contribution in [3.63, 3.8) is 0 Å². The third-order valence-electron chi connectivity index (χ3n) is 3.10. The van der Waals surface area contributed by atoms with E-state index in [2.05, 4.69) is 4.74 Å². The molecule has 0 aliphatic carbocycles. The number of carbonyl (C=O) groups is 1. The monoisotopic (exact) mass is 324 g/mol. The molecule has 2 rings (SSSR count).